The van der Waals surface area contributed by atoms with Gasteiger partial charge in [0.1, 0.15) is 18.1 Å². The monoisotopic (exact) mass is 426 g/mol. The fourth-order valence-corrected chi connectivity index (χ4v) is 3.12. The van der Waals surface area contributed by atoms with E-state index < -0.39 is 35.9 Å². The highest BCUT2D eigenvalue weighted by Crippen LogP contribution is 2.05. The van der Waals surface area contributed by atoms with Gasteiger partial charge in [-0.1, -0.05) is 0 Å². The molecule has 1 aromatic rings. The zero-order chi connectivity index (χ0) is 21.4. The van der Waals surface area contributed by atoms with E-state index in [4.69, 9.17) is 5.11 Å². The third kappa shape index (κ3) is 6.75. The van der Waals surface area contributed by atoms with Crippen molar-refractivity contribution < 1.29 is 24.3 Å². The Kier molecular flexibility index (Phi) is 8.46. The van der Waals surface area contributed by atoms with Crippen LogP contribution < -0.4 is 21.3 Å². The van der Waals surface area contributed by atoms with Crippen LogP contribution in [0.25, 0.3) is 0 Å². The van der Waals surface area contributed by atoms with Crippen molar-refractivity contribution in [2.75, 3.05) is 12.3 Å². The lowest BCUT2D eigenvalue weighted by molar-refractivity contribution is -0.141. The molecule has 12 heteroatoms. The highest BCUT2D eigenvalue weighted by Gasteiger charge is 2.29. The summed E-state index contributed by atoms with van der Waals surface area (Å²) in [5.74, 6) is -2.85. The van der Waals surface area contributed by atoms with Gasteiger partial charge in [0.2, 0.25) is 17.7 Å². The van der Waals surface area contributed by atoms with Crippen LogP contribution in [-0.2, 0) is 25.6 Å². The minimum Gasteiger partial charge on any atom is -0.480 e. The number of aliphatic carboxylic acids is 1. The van der Waals surface area contributed by atoms with Crippen molar-refractivity contribution in [3.8, 4) is 0 Å². The van der Waals surface area contributed by atoms with Crippen LogP contribution >= 0.6 is 12.6 Å². The smallest absolute Gasteiger partial charge is 0.327 e. The fraction of sp³-hybridized carbons (Fsp3) is 0.588. The van der Waals surface area contributed by atoms with Crippen LogP contribution in [0, 0.1) is 0 Å². The second-order valence-electron chi connectivity index (χ2n) is 6.80. The van der Waals surface area contributed by atoms with Crippen molar-refractivity contribution >= 4 is 36.3 Å². The molecule has 1 saturated heterocycles. The summed E-state index contributed by atoms with van der Waals surface area (Å²) in [6.07, 6.45) is 4.58. The van der Waals surface area contributed by atoms with Crippen molar-refractivity contribution in [2.24, 2.45) is 0 Å². The fourth-order valence-electron chi connectivity index (χ4n) is 2.87. The molecular weight excluding hydrogens is 400 g/mol. The van der Waals surface area contributed by atoms with Gasteiger partial charge in [-0.2, -0.15) is 12.6 Å². The van der Waals surface area contributed by atoms with E-state index in [1.54, 1.807) is 0 Å². The van der Waals surface area contributed by atoms with E-state index in [-0.39, 0.29) is 24.1 Å². The molecule has 0 aliphatic carbocycles. The van der Waals surface area contributed by atoms with E-state index >= 15 is 0 Å². The lowest BCUT2D eigenvalue weighted by atomic mass is 10.1. The molecule has 1 fully saturated rings. The molecule has 2 rings (SSSR count). The lowest BCUT2D eigenvalue weighted by Gasteiger charge is -2.23. The number of carbonyl (C=O) groups is 4. The standard InChI is InChI=1S/C17H26N6O5S/c1-9(21-15(25)11-3-2-4-19-11)14(24)22-12(5-10-6-18-8-20-10)16(26)23-13(7-29)17(27)28/h6,8-9,11-13,19,29H,2-5,7H2,1H3,(H,18,20)(H,21,25)(H,22,24)(H,23,26)(H,27,28). The minimum atomic E-state index is -1.23. The first kappa shape index (κ1) is 22.7. The van der Waals surface area contributed by atoms with Crippen molar-refractivity contribution in [3.05, 3.63) is 18.2 Å². The molecular formula is C17H26N6O5S. The highest BCUT2D eigenvalue weighted by molar-refractivity contribution is 7.80. The molecule has 2 heterocycles. The summed E-state index contributed by atoms with van der Waals surface area (Å²) >= 11 is 3.92. The molecule has 11 nitrogen and oxygen atoms in total. The second-order valence-corrected chi connectivity index (χ2v) is 7.17. The quantitative estimate of drug-likeness (QED) is 0.217. The van der Waals surface area contributed by atoms with Crippen LogP contribution in [0.2, 0.25) is 0 Å². The van der Waals surface area contributed by atoms with E-state index in [0.29, 0.717) is 12.1 Å². The lowest BCUT2D eigenvalue weighted by Crippen LogP contribution is -2.57. The summed E-state index contributed by atoms with van der Waals surface area (Å²) in [6.45, 7) is 2.27. The Balaban J connectivity index is 2.01. The van der Waals surface area contributed by atoms with E-state index in [0.717, 1.165) is 13.0 Å². The molecule has 3 amide bonds. The molecule has 6 N–H and O–H groups in total. The van der Waals surface area contributed by atoms with Gasteiger partial charge in [-0.15, -0.1) is 0 Å². The summed E-state index contributed by atoms with van der Waals surface area (Å²) in [5, 5.41) is 19.7. The summed E-state index contributed by atoms with van der Waals surface area (Å²) in [5.41, 5.74) is 0.579. The van der Waals surface area contributed by atoms with Crippen LogP contribution in [0.15, 0.2) is 12.5 Å². The van der Waals surface area contributed by atoms with Crippen molar-refractivity contribution in [1.82, 2.24) is 31.2 Å². The number of H-pyrrole nitrogens is 1. The van der Waals surface area contributed by atoms with Crippen LogP contribution in [-0.4, -0.2) is 75.2 Å². The molecule has 4 unspecified atom stereocenters. The topological polar surface area (TPSA) is 165 Å². The van der Waals surface area contributed by atoms with E-state index in [9.17, 15) is 19.2 Å². The first-order chi connectivity index (χ1) is 13.8. The van der Waals surface area contributed by atoms with Crippen LogP contribution in [0.1, 0.15) is 25.5 Å². The Labute approximate surface area is 173 Å². The molecule has 0 bridgehead atoms. The number of nitrogens with zero attached hydrogens (tertiary/aromatic N) is 1. The van der Waals surface area contributed by atoms with Gasteiger partial charge in [0.25, 0.3) is 0 Å². The van der Waals surface area contributed by atoms with Crippen LogP contribution in [0.5, 0.6) is 0 Å². The van der Waals surface area contributed by atoms with Gasteiger partial charge in [0.15, 0.2) is 0 Å². The number of thiol groups is 1. The third-order valence-electron chi connectivity index (χ3n) is 4.54. The zero-order valence-electron chi connectivity index (χ0n) is 16.0. The number of imidazole rings is 1. The largest absolute Gasteiger partial charge is 0.480 e. The Morgan fingerprint density at radius 2 is 1.97 bits per heavy atom. The summed E-state index contributed by atoms with van der Waals surface area (Å²) in [7, 11) is 0. The van der Waals surface area contributed by atoms with Gasteiger partial charge in [-0.05, 0) is 26.3 Å². The maximum atomic E-state index is 12.6. The van der Waals surface area contributed by atoms with E-state index in [2.05, 4.69) is 43.9 Å². The van der Waals surface area contributed by atoms with Crippen molar-refractivity contribution in [3.63, 3.8) is 0 Å². The highest BCUT2D eigenvalue weighted by atomic mass is 32.1. The van der Waals surface area contributed by atoms with E-state index in [1.165, 1.54) is 19.4 Å². The molecule has 160 valence electrons. The summed E-state index contributed by atoms with van der Waals surface area (Å²) in [6, 6.07) is -3.46. The normalized spacial score (nSPS) is 19.0. The molecule has 1 aromatic heterocycles. The molecule has 29 heavy (non-hydrogen) atoms. The maximum absolute atomic E-state index is 12.6. The van der Waals surface area contributed by atoms with Crippen LogP contribution in [0.4, 0.5) is 0 Å². The number of rotatable bonds is 10. The third-order valence-corrected chi connectivity index (χ3v) is 4.90. The molecule has 0 saturated carbocycles. The van der Waals surface area contributed by atoms with Gasteiger partial charge in [-0.3, -0.25) is 14.4 Å². The van der Waals surface area contributed by atoms with Crippen molar-refractivity contribution in [1.29, 1.82) is 0 Å². The Morgan fingerprint density at radius 3 is 2.52 bits per heavy atom. The number of carboxylic acid groups (broad SMARTS) is 1. The average molecular weight is 426 g/mol. The number of hydrogen-bond donors (Lipinski definition) is 7. The van der Waals surface area contributed by atoms with Gasteiger partial charge >= 0.3 is 5.97 Å². The van der Waals surface area contributed by atoms with Gasteiger partial charge in [0.05, 0.1) is 12.4 Å². The molecule has 0 spiro atoms. The van der Waals surface area contributed by atoms with Gasteiger partial charge in [0, 0.05) is 24.1 Å². The second kappa shape index (κ2) is 10.8. The molecule has 4 atom stereocenters. The number of carboxylic acids is 1. The summed E-state index contributed by atoms with van der Waals surface area (Å²) < 4.78 is 0. The number of aromatic nitrogens is 2. The summed E-state index contributed by atoms with van der Waals surface area (Å²) in [4.78, 5) is 55.2. The molecule has 1 aliphatic heterocycles. The molecule has 1 aliphatic rings. The van der Waals surface area contributed by atoms with Crippen molar-refractivity contribution in [2.45, 2.75) is 50.4 Å². The first-order valence-corrected chi connectivity index (χ1v) is 9.90. The Bertz CT molecular complexity index is 722. The number of carbonyl (C=O) groups excluding carboxylic acids is 3. The van der Waals surface area contributed by atoms with E-state index in [1.807, 2.05) is 0 Å². The Hall–Kier alpha value is -2.60. The first-order valence-electron chi connectivity index (χ1n) is 9.27. The maximum Gasteiger partial charge on any atom is 0.327 e. The SMILES string of the molecule is CC(NC(=O)C1CCCN1)C(=O)NC(Cc1cnc[nH]1)C(=O)NC(CS)C(=O)O. The Morgan fingerprint density at radius 1 is 1.24 bits per heavy atom. The number of amides is 3. The predicted octanol–water partition coefficient (Wildman–Crippen LogP) is -1.81. The average Bonchev–Trinajstić information content (AvgIpc) is 3.38. The molecule has 0 aromatic carbocycles. The minimum absolute atomic E-state index is 0.0708. The molecule has 0 radical (unpaired) electrons. The van der Waals surface area contributed by atoms with Gasteiger partial charge < -0.3 is 31.4 Å². The predicted molar refractivity (Wildman–Crippen MR) is 106 cm³/mol. The number of hydrogen-bond acceptors (Lipinski definition) is 7. The number of aromatic amines is 1. The number of nitrogens with one attached hydrogen (secondary N) is 5. The van der Waals surface area contributed by atoms with Gasteiger partial charge in [-0.25, -0.2) is 9.78 Å². The van der Waals surface area contributed by atoms with Crippen LogP contribution in [0.3, 0.4) is 0 Å². The zero-order valence-corrected chi connectivity index (χ0v) is 16.9.